The molecule has 1 aromatic carbocycles. The average molecular weight is 303 g/mol. The number of thiazole rings is 1. The third-order valence-electron chi connectivity index (χ3n) is 2.98. The monoisotopic (exact) mass is 303 g/mol. The first-order valence-electron chi connectivity index (χ1n) is 6.05. The number of nitrogens with zero attached hydrogens (tertiary/aromatic N) is 2. The van der Waals surface area contributed by atoms with Crippen LogP contribution in [0.5, 0.6) is 0 Å². The van der Waals surface area contributed by atoms with Gasteiger partial charge >= 0.3 is 0 Å². The van der Waals surface area contributed by atoms with Gasteiger partial charge in [0.25, 0.3) is 5.91 Å². The molecule has 2 aromatic heterocycles. The van der Waals surface area contributed by atoms with E-state index in [2.05, 4.69) is 4.98 Å². The van der Waals surface area contributed by atoms with Crippen LogP contribution in [0, 0.1) is 0 Å². The van der Waals surface area contributed by atoms with E-state index in [-0.39, 0.29) is 5.91 Å². The van der Waals surface area contributed by atoms with E-state index in [1.807, 2.05) is 29.6 Å². The topological polar surface area (TPSA) is 59.2 Å². The molecule has 6 heteroatoms. The lowest BCUT2D eigenvalue weighted by Crippen LogP contribution is -2.25. The normalized spacial score (nSPS) is 10.8. The summed E-state index contributed by atoms with van der Waals surface area (Å²) in [6, 6.07) is 7.60. The lowest BCUT2D eigenvalue weighted by Gasteiger charge is -2.14. The van der Waals surface area contributed by atoms with Crippen molar-refractivity contribution in [3.8, 4) is 0 Å². The minimum absolute atomic E-state index is 0.0118. The number of nitrogens with two attached hydrogens (primary N) is 1. The summed E-state index contributed by atoms with van der Waals surface area (Å²) in [5, 5.41) is 2.97. The molecule has 0 aliphatic rings. The third-order valence-corrected chi connectivity index (χ3v) is 4.72. The van der Waals surface area contributed by atoms with Crippen LogP contribution in [-0.4, -0.2) is 22.8 Å². The van der Waals surface area contributed by atoms with E-state index in [1.54, 1.807) is 17.5 Å². The molecular formula is C14H13N3OS2. The number of hydrogen-bond donors (Lipinski definition) is 1. The molecule has 0 aliphatic heterocycles. The van der Waals surface area contributed by atoms with Crippen LogP contribution in [0.3, 0.4) is 0 Å². The fourth-order valence-electron chi connectivity index (χ4n) is 1.99. The van der Waals surface area contributed by atoms with Crippen molar-refractivity contribution in [1.82, 2.24) is 9.88 Å². The summed E-state index contributed by atoms with van der Waals surface area (Å²) < 4.78 is 1.07. The van der Waals surface area contributed by atoms with Crippen LogP contribution in [0.2, 0.25) is 0 Å². The van der Waals surface area contributed by atoms with Gasteiger partial charge in [0.15, 0.2) is 0 Å². The molecular weight excluding hydrogens is 290 g/mol. The van der Waals surface area contributed by atoms with E-state index in [4.69, 9.17) is 5.73 Å². The SMILES string of the molecule is CN(Cc1cscn1)C(=O)c1cc2cc(N)ccc2s1. The molecule has 3 rings (SSSR count). The van der Waals surface area contributed by atoms with Gasteiger partial charge in [0.1, 0.15) is 0 Å². The van der Waals surface area contributed by atoms with Crippen molar-refractivity contribution in [2.75, 3.05) is 12.8 Å². The maximum absolute atomic E-state index is 12.4. The summed E-state index contributed by atoms with van der Waals surface area (Å²) in [5.74, 6) is 0.0118. The highest BCUT2D eigenvalue weighted by atomic mass is 32.1. The van der Waals surface area contributed by atoms with Gasteiger partial charge in [-0.15, -0.1) is 22.7 Å². The fraction of sp³-hybridized carbons (Fsp3) is 0.143. The van der Waals surface area contributed by atoms with Gasteiger partial charge < -0.3 is 10.6 Å². The van der Waals surface area contributed by atoms with Crippen molar-refractivity contribution in [3.63, 3.8) is 0 Å². The van der Waals surface area contributed by atoms with E-state index in [0.29, 0.717) is 12.2 Å². The highest BCUT2D eigenvalue weighted by Crippen LogP contribution is 2.28. The summed E-state index contributed by atoms with van der Waals surface area (Å²) in [6.07, 6.45) is 0. The Bertz CT molecular complexity index is 749. The average Bonchev–Trinajstić information content (AvgIpc) is 3.06. The number of fused-ring (bicyclic) bond motifs is 1. The Balaban J connectivity index is 1.84. The Kier molecular flexibility index (Phi) is 3.42. The third kappa shape index (κ3) is 2.52. The smallest absolute Gasteiger partial charge is 0.264 e. The summed E-state index contributed by atoms with van der Waals surface area (Å²) in [5.41, 5.74) is 9.16. The predicted octanol–water partition coefficient (Wildman–Crippen LogP) is 3.21. The number of carbonyl (C=O) groups excluding carboxylic acids is 1. The molecule has 0 unspecified atom stereocenters. The van der Waals surface area contributed by atoms with Crippen LogP contribution in [0.15, 0.2) is 35.2 Å². The van der Waals surface area contributed by atoms with Gasteiger partial charge in [0, 0.05) is 22.8 Å². The van der Waals surface area contributed by atoms with Crippen LogP contribution in [0.25, 0.3) is 10.1 Å². The number of aromatic nitrogens is 1. The molecule has 0 aliphatic carbocycles. The summed E-state index contributed by atoms with van der Waals surface area (Å²) in [7, 11) is 1.79. The zero-order valence-corrected chi connectivity index (χ0v) is 12.5. The molecule has 3 aromatic rings. The van der Waals surface area contributed by atoms with Gasteiger partial charge in [-0.3, -0.25) is 4.79 Å². The van der Waals surface area contributed by atoms with Crippen molar-refractivity contribution < 1.29 is 4.79 Å². The van der Waals surface area contributed by atoms with Crippen molar-refractivity contribution in [2.24, 2.45) is 0 Å². The Morgan fingerprint density at radius 1 is 1.40 bits per heavy atom. The molecule has 20 heavy (non-hydrogen) atoms. The van der Waals surface area contributed by atoms with Crippen LogP contribution in [0.1, 0.15) is 15.4 Å². The predicted molar refractivity (Wildman–Crippen MR) is 84.1 cm³/mol. The maximum Gasteiger partial charge on any atom is 0.264 e. The number of anilines is 1. The Labute approximate surface area is 124 Å². The molecule has 2 N–H and O–H groups in total. The Morgan fingerprint density at radius 2 is 2.25 bits per heavy atom. The van der Waals surface area contributed by atoms with Gasteiger partial charge in [0.2, 0.25) is 0 Å². The second-order valence-corrected chi connectivity index (χ2v) is 6.35. The van der Waals surface area contributed by atoms with E-state index >= 15 is 0 Å². The highest BCUT2D eigenvalue weighted by molar-refractivity contribution is 7.20. The summed E-state index contributed by atoms with van der Waals surface area (Å²) >= 11 is 3.02. The van der Waals surface area contributed by atoms with Crippen LogP contribution in [-0.2, 0) is 6.54 Å². The molecule has 0 saturated carbocycles. The second kappa shape index (κ2) is 5.22. The molecule has 102 valence electrons. The number of thiophene rings is 1. The van der Waals surface area contributed by atoms with Gasteiger partial charge in [0.05, 0.1) is 22.6 Å². The molecule has 0 fully saturated rings. The quantitative estimate of drug-likeness (QED) is 0.756. The number of hydrogen-bond acceptors (Lipinski definition) is 5. The van der Waals surface area contributed by atoms with Crippen molar-refractivity contribution in [3.05, 3.63) is 45.7 Å². The maximum atomic E-state index is 12.4. The van der Waals surface area contributed by atoms with Gasteiger partial charge in [-0.2, -0.15) is 0 Å². The minimum Gasteiger partial charge on any atom is -0.399 e. The second-order valence-electron chi connectivity index (χ2n) is 4.55. The number of carbonyl (C=O) groups is 1. The molecule has 0 atom stereocenters. The minimum atomic E-state index is 0.0118. The Hall–Kier alpha value is -1.92. The number of benzene rings is 1. The molecule has 0 spiro atoms. The van der Waals surface area contributed by atoms with Crippen LogP contribution >= 0.6 is 22.7 Å². The van der Waals surface area contributed by atoms with Crippen molar-refractivity contribution in [1.29, 1.82) is 0 Å². The van der Waals surface area contributed by atoms with Gasteiger partial charge in [-0.05, 0) is 29.7 Å². The van der Waals surface area contributed by atoms with Crippen molar-refractivity contribution >= 4 is 44.4 Å². The van der Waals surface area contributed by atoms with Gasteiger partial charge in [-0.25, -0.2) is 4.98 Å². The first-order chi connectivity index (χ1) is 9.63. The molecule has 2 heterocycles. The molecule has 0 saturated heterocycles. The lowest BCUT2D eigenvalue weighted by atomic mass is 10.2. The zero-order valence-electron chi connectivity index (χ0n) is 10.9. The fourth-order valence-corrected chi connectivity index (χ4v) is 3.57. The van der Waals surface area contributed by atoms with E-state index < -0.39 is 0 Å². The van der Waals surface area contributed by atoms with Crippen LogP contribution in [0.4, 0.5) is 5.69 Å². The molecule has 4 nitrogen and oxygen atoms in total. The standard InChI is InChI=1S/C14H13N3OS2/c1-17(6-11-7-19-8-16-11)14(18)13-5-9-4-10(15)2-3-12(9)20-13/h2-5,7-8H,6,15H2,1H3. The highest BCUT2D eigenvalue weighted by Gasteiger charge is 2.15. The van der Waals surface area contributed by atoms with E-state index in [9.17, 15) is 4.79 Å². The van der Waals surface area contributed by atoms with Crippen LogP contribution < -0.4 is 5.73 Å². The largest absolute Gasteiger partial charge is 0.399 e. The number of amides is 1. The summed E-state index contributed by atoms with van der Waals surface area (Å²) in [6.45, 7) is 0.527. The number of nitrogen functional groups attached to an aromatic ring is 1. The van der Waals surface area contributed by atoms with Gasteiger partial charge in [-0.1, -0.05) is 0 Å². The number of rotatable bonds is 3. The molecule has 0 bridgehead atoms. The zero-order chi connectivity index (χ0) is 14.1. The van der Waals surface area contributed by atoms with E-state index in [1.165, 1.54) is 22.7 Å². The van der Waals surface area contributed by atoms with Crippen molar-refractivity contribution in [2.45, 2.75) is 6.54 Å². The molecule has 1 amide bonds. The lowest BCUT2D eigenvalue weighted by molar-refractivity contribution is 0.0788. The van der Waals surface area contributed by atoms with E-state index in [0.717, 1.165) is 20.7 Å². The first-order valence-corrected chi connectivity index (χ1v) is 7.81. The molecule has 0 radical (unpaired) electrons. The Morgan fingerprint density at radius 3 is 3.00 bits per heavy atom. The first kappa shape index (κ1) is 13.1. The summed E-state index contributed by atoms with van der Waals surface area (Å²) in [4.78, 5) is 19.0.